The van der Waals surface area contributed by atoms with Crippen molar-refractivity contribution in [1.29, 1.82) is 0 Å². The minimum Gasteiger partial charge on any atom is -0.313 e. The molecule has 2 unspecified atom stereocenters. The Labute approximate surface area is 124 Å². The lowest BCUT2D eigenvalue weighted by Crippen LogP contribution is -2.46. The number of halogens is 2. The molecule has 118 valence electrons. The van der Waals surface area contributed by atoms with Gasteiger partial charge in [-0.15, -0.1) is 0 Å². The molecule has 2 atom stereocenters. The molecule has 0 saturated heterocycles. The van der Waals surface area contributed by atoms with E-state index >= 15 is 0 Å². The molecule has 2 rings (SSSR count). The van der Waals surface area contributed by atoms with Crippen LogP contribution < -0.4 is 5.32 Å². The number of nitrogens with one attached hydrogen (secondary N) is 1. The van der Waals surface area contributed by atoms with E-state index in [0.29, 0.717) is 12.5 Å². The van der Waals surface area contributed by atoms with Crippen LogP contribution in [0.4, 0.5) is 8.78 Å². The summed E-state index contributed by atoms with van der Waals surface area (Å²) in [6.45, 7) is 2.75. The van der Waals surface area contributed by atoms with Crippen LogP contribution in [0.15, 0.2) is 23.1 Å². The predicted octanol–water partition coefficient (Wildman–Crippen LogP) is 3.05. The smallest absolute Gasteiger partial charge is 0.185 e. The van der Waals surface area contributed by atoms with Gasteiger partial charge in [-0.1, -0.05) is 19.8 Å². The van der Waals surface area contributed by atoms with Gasteiger partial charge in [0.05, 0.1) is 5.25 Å². The van der Waals surface area contributed by atoms with Crippen LogP contribution in [0.25, 0.3) is 0 Å². The molecule has 0 amide bonds. The standard InChI is InChI=1S/C15H21F2NO2S/c1-2-9-18-13-5-3-4-6-15(13)21(19,20)14-8-7-11(16)10-12(14)17/h7-8,10,13,15,18H,2-6,9H2,1H3. The van der Waals surface area contributed by atoms with Crippen molar-refractivity contribution in [3.8, 4) is 0 Å². The van der Waals surface area contributed by atoms with E-state index in [2.05, 4.69) is 5.32 Å². The topological polar surface area (TPSA) is 46.2 Å². The Morgan fingerprint density at radius 1 is 1.24 bits per heavy atom. The van der Waals surface area contributed by atoms with Crippen molar-refractivity contribution in [2.24, 2.45) is 0 Å². The van der Waals surface area contributed by atoms with Crippen LogP contribution in [-0.2, 0) is 9.84 Å². The van der Waals surface area contributed by atoms with Gasteiger partial charge in [-0.05, 0) is 37.9 Å². The summed E-state index contributed by atoms with van der Waals surface area (Å²) < 4.78 is 52.2. The van der Waals surface area contributed by atoms with E-state index in [0.717, 1.165) is 44.4 Å². The van der Waals surface area contributed by atoms with Crippen LogP contribution in [0.2, 0.25) is 0 Å². The van der Waals surface area contributed by atoms with Gasteiger partial charge in [-0.3, -0.25) is 0 Å². The zero-order chi connectivity index (χ0) is 15.5. The number of hydrogen-bond donors (Lipinski definition) is 1. The molecule has 3 nitrogen and oxygen atoms in total. The van der Waals surface area contributed by atoms with Gasteiger partial charge in [0.25, 0.3) is 0 Å². The summed E-state index contributed by atoms with van der Waals surface area (Å²) in [5, 5.41) is 2.61. The third-order valence-corrected chi connectivity index (χ3v) is 6.26. The molecule has 0 bridgehead atoms. The molecule has 0 aromatic heterocycles. The summed E-state index contributed by atoms with van der Waals surface area (Å²) in [5.41, 5.74) is 0. The molecule has 0 heterocycles. The first-order chi connectivity index (χ1) is 9.96. The van der Waals surface area contributed by atoms with Gasteiger partial charge in [0, 0.05) is 12.1 Å². The Bertz CT molecular complexity index is 589. The van der Waals surface area contributed by atoms with Crippen molar-refractivity contribution >= 4 is 9.84 Å². The van der Waals surface area contributed by atoms with Crippen molar-refractivity contribution in [2.45, 2.75) is 55.2 Å². The van der Waals surface area contributed by atoms with Crippen LogP contribution in [0.1, 0.15) is 39.0 Å². The van der Waals surface area contributed by atoms with Crippen molar-refractivity contribution < 1.29 is 17.2 Å². The van der Waals surface area contributed by atoms with Gasteiger partial charge in [0.1, 0.15) is 16.5 Å². The maximum atomic E-state index is 13.8. The summed E-state index contributed by atoms with van der Waals surface area (Å²) in [5.74, 6) is -1.77. The summed E-state index contributed by atoms with van der Waals surface area (Å²) in [6.07, 6.45) is 3.98. The van der Waals surface area contributed by atoms with E-state index in [-0.39, 0.29) is 10.9 Å². The number of benzene rings is 1. The number of sulfone groups is 1. The van der Waals surface area contributed by atoms with E-state index in [4.69, 9.17) is 0 Å². The molecule has 1 aliphatic carbocycles. The molecule has 1 fully saturated rings. The van der Waals surface area contributed by atoms with E-state index in [1.807, 2.05) is 6.92 Å². The van der Waals surface area contributed by atoms with Crippen LogP contribution in [0.3, 0.4) is 0 Å². The van der Waals surface area contributed by atoms with Crippen molar-refractivity contribution in [1.82, 2.24) is 5.32 Å². The van der Waals surface area contributed by atoms with Gasteiger partial charge in [0.15, 0.2) is 9.84 Å². The molecule has 1 aromatic rings. The highest BCUT2D eigenvalue weighted by atomic mass is 32.2. The molecule has 21 heavy (non-hydrogen) atoms. The van der Waals surface area contributed by atoms with Gasteiger partial charge in [-0.25, -0.2) is 17.2 Å². The van der Waals surface area contributed by atoms with Gasteiger partial charge < -0.3 is 5.32 Å². The minimum atomic E-state index is -3.79. The quantitative estimate of drug-likeness (QED) is 0.849. The number of hydrogen-bond acceptors (Lipinski definition) is 3. The predicted molar refractivity (Wildman–Crippen MR) is 77.9 cm³/mol. The maximum Gasteiger partial charge on any atom is 0.185 e. The summed E-state index contributed by atoms with van der Waals surface area (Å²) >= 11 is 0. The highest BCUT2D eigenvalue weighted by Crippen LogP contribution is 2.30. The maximum absolute atomic E-state index is 13.8. The van der Waals surface area contributed by atoms with Crippen molar-refractivity contribution in [3.05, 3.63) is 29.8 Å². The van der Waals surface area contributed by atoms with Crippen LogP contribution >= 0.6 is 0 Å². The molecule has 0 spiro atoms. The van der Waals surface area contributed by atoms with Crippen LogP contribution in [-0.4, -0.2) is 26.3 Å². The van der Waals surface area contributed by atoms with Crippen molar-refractivity contribution in [3.63, 3.8) is 0 Å². The zero-order valence-electron chi connectivity index (χ0n) is 12.1. The first-order valence-electron chi connectivity index (χ1n) is 7.39. The van der Waals surface area contributed by atoms with Crippen LogP contribution in [0, 0.1) is 11.6 Å². The molecule has 0 radical (unpaired) electrons. The van der Waals surface area contributed by atoms with Crippen molar-refractivity contribution in [2.75, 3.05) is 6.54 Å². The summed E-state index contributed by atoms with van der Waals surface area (Å²) in [7, 11) is -3.79. The molecule has 1 aromatic carbocycles. The fourth-order valence-electron chi connectivity index (χ4n) is 2.90. The fourth-order valence-corrected chi connectivity index (χ4v) is 4.96. The average Bonchev–Trinajstić information content (AvgIpc) is 2.45. The Morgan fingerprint density at radius 2 is 1.95 bits per heavy atom. The lowest BCUT2D eigenvalue weighted by atomic mass is 9.95. The molecule has 6 heteroatoms. The first-order valence-corrected chi connectivity index (χ1v) is 8.93. The lowest BCUT2D eigenvalue weighted by molar-refractivity contribution is 0.370. The molecular weight excluding hydrogens is 296 g/mol. The van der Waals surface area contributed by atoms with Crippen LogP contribution in [0.5, 0.6) is 0 Å². The molecule has 1 saturated carbocycles. The second-order valence-electron chi connectivity index (χ2n) is 5.50. The summed E-state index contributed by atoms with van der Waals surface area (Å²) in [6, 6.07) is 2.50. The molecular formula is C15H21F2NO2S. The fraction of sp³-hybridized carbons (Fsp3) is 0.600. The molecule has 1 N–H and O–H groups in total. The van der Waals surface area contributed by atoms with E-state index in [9.17, 15) is 17.2 Å². The normalized spacial score (nSPS) is 23.2. The van der Waals surface area contributed by atoms with E-state index < -0.39 is 26.7 Å². The SMILES string of the molecule is CCCNC1CCCCC1S(=O)(=O)c1ccc(F)cc1F. The lowest BCUT2D eigenvalue weighted by Gasteiger charge is -2.32. The average molecular weight is 317 g/mol. The Kier molecular flexibility index (Phi) is 5.32. The number of rotatable bonds is 5. The van der Waals surface area contributed by atoms with Gasteiger partial charge in [-0.2, -0.15) is 0 Å². The zero-order valence-corrected chi connectivity index (χ0v) is 12.9. The molecule has 0 aliphatic heterocycles. The Morgan fingerprint density at radius 3 is 2.62 bits per heavy atom. The van der Waals surface area contributed by atoms with E-state index in [1.165, 1.54) is 0 Å². The third-order valence-electron chi connectivity index (χ3n) is 3.96. The Balaban J connectivity index is 2.31. The highest BCUT2D eigenvalue weighted by Gasteiger charge is 2.37. The largest absolute Gasteiger partial charge is 0.313 e. The monoisotopic (exact) mass is 317 g/mol. The van der Waals surface area contributed by atoms with E-state index in [1.54, 1.807) is 0 Å². The molecule has 1 aliphatic rings. The minimum absolute atomic E-state index is 0.159. The van der Waals surface area contributed by atoms with Gasteiger partial charge in [0.2, 0.25) is 0 Å². The van der Waals surface area contributed by atoms with Gasteiger partial charge >= 0.3 is 0 Å². The second kappa shape index (κ2) is 6.83. The second-order valence-corrected chi connectivity index (χ2v) is 7.64. The summed E-state index contributed by atoms with van der Waals surface area (Å²) in [4.78, 5) is -0.390. The Hall–Kier alpha value is -1.01. The first kappa shape index (κ1) is 16.4. The third kappa shape index (κ3) is 3.61. The highest BCUT2D eigenvalue weighted by molar-refractivity contribution is 7.92.